The molecule has 0 spiro atoms. The third-order valence-corrected chi connectivity index (χ3v) is 6.10. The van der Waals surface area contributed by atoms with E-state index < -0.39 is 0 Å². The van der Waals surface area contributed by atoms with Crippen molar-refractivity contribution in [1.82, 2.24) is 9.47 Å². The van der Waals surface area contributed by atoms with Gasteiger partial charge in [-0.05, 0) is 42.5 Å². The number of aromatic nitrogens is 1. The summed E-state index contributed by atoms with van der Waals surface area (Å²) in [6, 6.07) is 18.4. The van der Waals surface area contributed by atoms with Crippen molar-refractivity contribution in [2.24, 2.45) is 0 Å². The lowest BCUT2D eigenvalue weighted by atomic mass is 9.86. The molecule has 2 aliphatic rings. The standard InChI is InChI=1S/C23H26N2O/c1-2-25-21-10-6-9-18-20(24-13-15-26-16-14-24)12-11-19(22(18)21)23(25)17-7-4-3-5-8-17/h3-10,20H,2,11-16H2,1H3. The summed E-state index contributed by atoms with van der Waals surface area (Å²) in [6.45, 7) is 7.11. The van der Waals surface area contributed by atoms with Crippen molar-refractivity contribution in [2.45, 2.75) is 32.4 Å². The van der Waals surface area contributed by atoms with Gasteiger partial charge in [-0.3, -0.25) is 4.90 Å². The first-order valence-corrected chi connectivity index (χ1v) is 9.89. The molecule has 26 heavy (non-hydrogen) atoms. The van der Waals surface area contributed by atoms with Crippen LogP contribution in [0.2, 0.25) is 0 Å². The van der Waals surface area contributed by atoms with Crippen LogP contribution >= 0.6 is 0 Å². The second kappa shape index (κ2) is 6.57. The van der Waals surface area contributed by atoms with Gasteiger partial charge in [0.25, 0.3) is 0 Å². The van der Waals surface area contributed by atoms with Crippen LogP contribution in [0, 0.1) is 0 Å². The molecule has 134 valence electrons. The van der Waals surface area contributed by atoms with Crippen LogP contribution in [-0.4, -0.2) is 35.8 Å². The van der Waals surface area contributed by atoms with Crippen molar-refractivity contribution in [1.29, 1.82) is 0 Å². The molecule has 0 amide bonds. The number of aryl methyl sites for hydroxylation is 2. The van der Waals surface area contributed by atoms with Crippen LogP contribution in [-0.2, 0) is 17.7 Å². The van der Waals surface area contributed by atoms with E-state index in [9.17, 15) is 0 Å². The molecule has 0 N–H and O–H groups in total. The molecular weight excluding hydrogens is 320 g/mol. The Kier molecular flexibility index (Phi) is 4.07. The second-order valence-corrected chi connectivity index (χ2v) is 7.38. The zero-order valence-electron chi connectivity index (χ0n) is 15.4. The van der Waals surface area contributed by atoms with Crippen molar-refractivity contribution in [2.75, 3.05) is 26.3 Å². The molecule has 3 heteroatoms. The zero-order chi connectivity index (χ0) is 17.5. The fraction of sp³-hybridized carbons (Fsp3) is 0.391. The van der Waals surface area contributed by atoms with Gasteiger partial charge in [0.1, 0.15) is 0 Å². The molecule has 1 aliphatic carbocycles. The summed E-state index contributed by atoms with van der Waals surface area (Å²) in [7, 11) is 0. The molecule has 3 aromatic rings. The third kappa shape index (κ3) is 2.42. The van der Waals surface area contributed by atoms with Gasteiger partial charge in [0.2, 0.25) is 0 Å². The average molecular weight is 346 g/mol. The first kappa shape index (κ1) is 16.1. The Morgan fingerprint density at radius 1 is 1.00 bits per heavy atom. The number of hydrogen-bond donors (Lipinski definition) is 0. The summed E-state index contributed by atoms with van der Waals surface area (Å²) >= 11 is 0. The summed E-state index contributed by atoms with van der Waals surface area (Å²) in [5, 5.41) is 1.51. The highest BCUT2D eigenvalue weighted by molar-refractivity contribution is 5.95. The Hall–Kier alpha value is -2.10. The normalized spacial score (nSPS) is 20.6. The van der Waals surface area contributed by atoms with Gasteiger partial charge >= 0.3 is 0 Å². The Morgan fingerprint density at radius 2 is 1.81 bits per heavy atom. The van der Waals surface area contributed by atoms with E-state index in [-0.39, 0.29) is 0 Å². The maximum Gasteiger partial charge on any atom is 0.0594 e. The first-order valence-electron chi connectivity index (χ1n) is 9.89. The number of ether oxygens (including phenoxy) is 1. The van der Waals surface area contributed by atoms with E-state index >= 15 is 0 Å². The van der Waals surface area contributed by atoms with Gasteiger partial charge in [0.15, 0.2) is 0 Å². The molecular formula is C23H26N2O. The SMILES string of the molecule is CCn1c(-c2ccccc2)c2c3c(cccc31)C(N1CCOCC1)CC2. The van der Waals surface area contributed by atoms with Crippen molar-refractivity contribution in [3.05, 3.63) is 59.7 Å². The highest BCUT2D eigenvalue weighted by Gasteiger charge is 2.31. The van der Waals surface area contributed by atoms with E-state index in [1.165, 1.54) is 34.1 Å². The fourth-order valence-electron chi connectivity index (χ4n) is 4.99. The molecule has 0 radical (unpaired) electrons. The van der Waals surface area contributed by atoms with Gasteiger partial charge in [-0.2, -0.15) is 0 Å². The largest absolute Gasteiger partial charge is 0.379 e. The zero-order valence-corrected chi connectivity index (χ0v) is 15.4. The minimum absolute atomic E-state index is 0.534. The van der Waals surface area contributed by atoms with E-state index in [4.69, 9.17) is 4.74 Å². The van der Waals surface area contributed by atoms with Crippen LogP contribution in [0.4, 0.5) is 0 Å². The molecule has 1 aromatic heterocycles. The maximum absolute atomic E-state index is 5.59. The molecule has 0 saturated carbocycles. The van der Waals surface area contributed by atoms with Crippen molar-refractivity contribution in [3.63, 3.8) is 0 Å². The quantitative estimate of drug-likeness (QED) is 0.687. The monoisotopic (exact) mass is 346 g/mol. The number of morpholine rings is 1. The number of rotatable bonds is 3. The summed E-state index contributed by atoms with van der Waals surface area (Å²) in [6.07, 6.45) is 2.37. The molecule has 1 atom stereocenters. The first-order chi connectivity index (χ1) is 12.9. The van der Waals surface area contributed by atoms with Crippen LogP contribution in [0.25, 0.3) is 22.2 Å². The lowest BCUT2D eigenvalue weighted by Gasteiger charge is -2.37. The van der Waals surface area contributed by atoms with Gasteiger partial charge < -0.3 is 9.30 Å². The highest BCUT2D eigenvalue weighted by atomic mass is 16.5. The summed E-state index contributed by atoms with van der Waals surface area (Å²) in [5.74, 6) is 0. The van der Waals surface area contributed by atoms with Gasteiger partial charge in [-0.1, -0.05) is 42.5 Å². The molecule has 1 fully saturated rings. The summed E-state index contributed by atoms with van der Waals surface area (Å²) in [5.41, 5.74) is 7.24. The average Bonchev–Trinajstić information content (AvgIpc) is 3.05. The molecule has 3 nitrogen and oxygen atoms in total. The molecule has 5 rings (SSSR count). The Labute approximate surface area is 155 Å². The van der Waals surface area contributed by atoms with Crippen LogP contribution in [0.5, 0.6) is 0 Å². The predicted octanol–water partition coefficient (Wildman–Crippen LogP) is 4.65. The van der Waals surface area contributed by atoms with E-state index in [2.05, 4.69) is 64.9 Å². The molecule has 1 saturated heterocycles. The minimum Gasteiger partial charge on any atom is -0.379 e. The molecule has 2 aromatic carbocycles. The van der Waals surface area contributed by atoms with E-state index in [1.807, 2.05) is 0 Å². The van der Waals surface area contributed by atoms with Gasteiger partial charge in [-0.15, -0.1) is 0 Å². The lowest BCUT2D eigenvalue weighted by molar-refractivity contribution is 0.0141. The maximum atomic E-state index is 5.59. The molecule has 2 heterocycles. The van der Waals surface area contributed by atoms with Gasteiger partial charge in [-0.25, -0.2) is 0 Å². The topological polar surface area (TPSA) is 17.4 Å². The summed E-state index contributed by atoms with van der Waals surface area (Å²) < 4.78 is 8.10. The number of benzene rings is 2. The van der Waals surface area contributed by atoms with E-state index in [0.717, 1.165) is 39.3 Å². The van der Waals surface area contributed by atoms with Crippen molar-refractivity contribution in [3.8, 4) is 11.3 Å². The summed E-state index contributed by atoms with van der Waals surface area (Å²) in [4.78, 5) is 2.63. The predicted molar refractivity (Wildman–Crippen MR) is 107 cm³/mol. The molecule has 0 bridgehead atoms. The van der Waals surface area contributed by atoms with Gasteiger partial charge in [0, 0.05) is 36.6 Å². The number of nitrogens with zero attached hydrogens (tertiary/aromatic N) is 2. The molecule has 1 unspecified atom stereocenters. The van der Waals surface area contributed by atoms with Crippen molar-refractivity contribution < 1.29 is 4.74 Å². The minimum atomic E-state index is 0.534. The van der Waals surface area contributed by atoms with Gasteiger partial charge in [0.05, 0.1) is 18.9 Å². The van der Waals surface area contributed by atoms with Crippen LogP contribution in [0.1, 0.15) is 30.5 Å². The van der Waals surface area contributed by atoms with Crippen molar-refractivity contribution >= 4 is 10.9 Å². The second-order valence-electron chi connectivity index (χ2n) is 7.38. The fourth-order valence-corrected chi connectivity index (χ4v) is 4.99. The van der Waals surface area contributed by atoms with E-state index in [1.54, 1.807) is 5.56 Å². The van der Waals surface area contributed by atoms with Crippen LogP contribution in [0.3, 0.4) is 0 Å². The lowest BCUT2D eigenvalue weighted by Crippen LogP contribution is -2.40. The number of hydrogen-bond acceptors (Lipinski definition) is 2. The van der Waals surface area contributed by atoms with E-state index in [0.29, 0.717) is 6.04 Å². The smallest absolute Gasteiger partial charge is 0.0594 e. The van der Waals surface area contributed by atoms with Crippen LogP contribution < -0.4 is 0 Å². The van der Waals surface area contributed by atoms with Crippen LogP contribution in [0.15, 0.2) is 48.5 Å². The third-order valence-electron chi connectivity index (χ3n) is 6.10. The Morgan fingerprint density at radius 3 is 2.58 bits per heavy atom. The molecule has 1 aliphatic heterocycles. The highest BCUT2D eigenvalue weighted by Crippen LogP contribution is 2.44. The Bertz CT molecular complexity index is 922. The Balaban J connectivity index is 1.72.